The zero-order valence-corrected chi connectivity index (χ0v) is 13.9. The van der Waals surface area contributed by atoms with Gasteiger partial charge in [0, 0.05) is 12.5 Å². The van der Waals surface area contributed by atoms with E-state index in [9.17, 15) is 9.90 Å². The van der Waals surface area contributed by atoms with Gasteiger partial charge in [-0.15, -0.1) is 0 Å². The Bertz CT molecular complexity index is 485. The number of hydrogen-bond donors (Lipinski definition) is 2. The fourth-order valence-electron chi connectivity index (χ4n) is 2.73. The molecule has 4 nitrogen and oxygen atoms in total. The highest BCUT2D eigenvalue weighted by atomic mass is 16.5. The Hall–Kier alpha value is -1.39. The van der Waals surface area contributed by atoms with Gasteiger partial charge in [-0.25, -0.2) is 0 Å². The molecule has 0 aliphatic rings. The average molecular weight is 293 g/mol. The maximum absolute atomic E-state index is 11.3. The standard InChI is InChI=1S/C17H27NO3/c1-10-9-11(2)13(4)16(12(10)3)17(20)14(18-5)7-8-15(19)21-6/h9,14,17-18,20H,7-8H2,1-6H3. The number of rotatable bonds is 6. The first-order chi connectivity index (χ1) is 9.83. The summed E-state index contributed by atoms with van der Waals surface area (Å²) in [6.45, 7) is 8.18. The Morgan fingerprint density at radius 1 is 1.24 bits per heavy atom. The van der Waals surface area contributed by atoms with E-state index in [1.165, 1.54) is 18.2 Å². The van der Waals surface area contributed by atoms with Gasteiger partial charge < -0.3 is 15.2 Å². The number of methoxy groups -OCH3 is 1. The third-order valence-corrected chi connectivity index (χ3v) is 4.36. The number of likely N-dealkylation sites (N-methyl/N-ethyl adjacent to an activating group) is 1. The molecule has 21 heavy (non-hydrogen) atoms. The summed E-state index contributed by atoms with van der Waals surface area (Å²) in [7, 11) is 3.18. The zero-order chi connectivity index (χ0) is 16.2. The average Bonchev–Trinajstić information content (AvgIpc) is 2.45. The number of hydrogen-bond acceptors (Lipinski definition) is 4. The molecule has 0 amide bonds. The maximum Gasteiger partial charge on any atom is 0.305 e. The molecule has 0 aliphatic heterocycles. The smallest absolute Gasteiger partial charge is 0.305 e. The summed E-state index contributed by atoms with van der Waals surface area (Å²) in [5.74, 6) is -0.253. The molecule has 2 N–H and O–H groups in total. The first-order valence-electron chi connectivity index (χ1n) is 7.32. The van der Waals surface area contributed by atoms with Crippen LogP contribution in [0.4, 0.5) is 0 Å². The quantitative estimate of drug-likeness (QED) is 0.791. The molecular weight excluding hydrogens is 266 g/mol. The third kappa shape index (κ3) is 4.05. The van der Waals surface area contributed by atoms with Gasteiger partial charge >= 0.3 is 5.97 Å². The molecule has 0 heterocycles. The Morgan fingerprint density at radius 3 is 2.19 bits per heavy atom. The van der Waals surface area contributed by atoms with Crippen molar-refractivity contribution in [3.63, 3.8) is 0 Å². The first kappa shape index (κ1) is 17.7. The fourth-order valence-corrected chi connectivity index (χ4v) is 2.73. The lowest BCUT2D eigenvalue weighted by Gasteiger charge is -2.27. The van der Waals surface area contributed by atoms with Crippen LogP contribution in [0.25, 0.3) is 0 Å². The van der Waals surface area contributed by atoms with E-state index in [2.05, 4.69) is 30.0 Å². The highest BCUT2D eigenvalue weighted by Crippen LogP contribution is 2.30. The number of aryl methyl sites for hydroxylation is 2. The molecule has 2 atom stereocenters. The van der Waals surface area contributed by atoms with E-state index in [1.54, 1.807) is 7.05 Å². The van der Waals surface area contributed by atoms with Crippen LogP contribution in [0.1, 0.15) is 46.8 Å². The number of carbonyl (C=O) groups is 1. The SMILES string of the molecule is CNC(CCC(=O)OC)C(O)c1c(C)c(C)cc(C)c1C. The van der Waals surface area contributed by atoms with Gasteiger partial charge in [0.2, 0.25) is 0 Å². The molecule has 0 spiro atoms. The van der Waals surface area contributed by atoms with E-state index < -0.39 is 6.10 Å². The van der Waals surface area contributed by atoms with Crippen LogP contribution >= 0.6 is 0 Å². The second kappa shape index (κ2) is 7.57. The van der Waals surface area contributed by atoms with Crippen molar-refractivity contribution in [2.24, 2.45) is 0 Å². The van der Waals surface area contributed by atoms with Crippen LogP contribution in [-0.4, -0.2) is 31.3 Å². The Balaban J connectivity index is 3.05. The lowest BCUT2D eigenvalue weighted by molar-refractivity contribution is -0.140. The number of esters is 1. The number of aliphatic hydroxyl groups is 1. The van der Waals surface area contributed by atoms with Gasteiger partial charge in [0.15, 0.2) is 0 Å². The van der Waals surface area contributed by atoms with E-state index >= 15 is 0 Å². The highest BCUT2D eigenvalue weighted by Gasteiger charge is 2.24. The Kier molecular flexibility index (Phi) is 6.37. The Labute approximate surface area is 127 Å². The molecule has 0 aliphatic carbocycles. The van der Waals surface area contributed by atoms with Crippen molar-refractivity contribution in [2.45, 2.75) is 52.7 Å². The van der Waals surface area contributed by atoms with Crippen molar-refractivity contribution in [1.82, 2.24) is 5.32 Å². The monoisotopic (exact) mass is 293 g/mol. The lowest BCUT2D eigenvalue weighted by atomic mass is 9.87. The summed E-state index contributed by atoms with van der Waals surface area (Å²) >= 11 is 0. The summed E-state index contributed by atoms with van der Waals surface area (Å²) in [5, 5.41) is 13.9. The molecule has 0 radical (unpaired) electrons. The molecule has 1 rings (SSSR count). The van der Waals surface area contributed by atoms with Gasteiger partial charge in [-0.05, 0) is 69.0 Å². The molecule has 0 saturated carbocycles. The third-order valence-electron chi connectivity index (χ3n) is 4.36. The van der Waals surface area contributed by atoms with Crippen LogP contribution in [0.3, 0.4) is 0 Å². The zero-order valence-electron chi connectivity index (χ0n) is 13.9. The van der Waals surface area contributed by atoms with Crippen molar-refractivity contribution < 1.29 is 14.6 Å². The molecule has 1 aromatic rings. The van der Waals surface area contributed by atoms with Crippen LogP contribution in [0, 0.1) is 27.7 Å². The number of aliphatic hydroxyl groups excluding tert-OH is 1. The molecule has 118 valence electrons. The molecule has 0 saturated heterocycles. The fraction of sp³-hybridized carbons (Fsp3) is 0.588. The number of ether oxygens (including phenoxy) is 1. The minimum atomic E-state index is -0.641. The summed E-state index contributed by atoms with van der Waals surface area (Å²) in [6, 6.07) is 1.96. The summed E-state index contributed by atoms with van der Waals surface area (Å²) in [6.07, 6.45) is 0.191. The van der Waals surface area contributed by atoms with Crippen LogP contribution in [0.15, 0.2) is 6.07 Å². The molecule has 1 aromatic carbocycles. The van der Waals surface area contributed by atoms with Gasteiger partial charge in [-0.3, -0.25) is 4.79 Å². The molecule has 2 unspecified atom stereocenters. The normalized spacial score (nSPS) is 13.9. The summed E-state index contributed by atoms with van der Waals surface area (Å²) < 4.78 is 4.67. The number of nitrogens with one attached hydrogen (secondary N) is 1. The van der Waals surface area contributed by atoms with Gasteiger partial charge in [0.05, 0.1) is 13.2 Å². The second-order valence-corrected chi connectivity index (χ2v) is 5.63. The first-order valence-corrected chi connectivity index (χ1v) is 7.32. The van der Waals surface area contributed by atoms with Crippen molar-refractivity contribution in [2.75, 3.05) is 14.2 Å². The molecule has 0 bridgehead atoms. The van der Waals surface area contributed by atoms with Crippen molar-refractivity contribution in [1.29, 1.82) is 0 Å². The van der Waals surface area contributed by atoms with Gasteiger partial charge in [-0.2, -0.15) is 0 Å². The summed E-state index contributed by atoms with van der Waals surface area (Å²) in [4.78, 5) is 11.3. The predicted octanol–water partition coefficient (Wildman–Crippen LogP) is 2.49. The van der Waals surface area contributed by atoms with Crippen LogP contribution in [0.2, 0.25) is 0 Å². The maximum atomic E-state index is 11.3. The van der Waals surface area contributed by atoms with Gasteiger partial charge in [-0.1, -0.05) is 6.07 Å². The number of carbonyl (C=O) groups excluding carboxylic acids is 1. The summed E-state index contributed by atoms with van der Waals surface area (Å²) in [5.41, 5.74) is 5.55. The van der Waals surface area contributed by atoms with Gasteiger partial charge in [0.25, 0.3) is 0 Å². The predicted molar refractivity (Wildman–Crippen MR) is 84.4 cm³/mol. The van der Waals surface area contributed by atoms with E-state index in [1.807, 2.05) is 13.8 Å². The Morgan fingerprint density at radius 2 is 1.76 bits per heavy atom. The van der Waals surface area contributed by atoms with Crippen LogP contribution < -0.4 is 5.32 Å². The van der Waals surface area contributed by atoms with Gasteiger partial charge in [0.1, 0.15) is 0 Å². The van der Waals surface area contributed by atoms with E-state index in [4.69, 9.17) is 0 Å². The highest BCUT2D eigenvalue weighted by molar-refractivity contribution is 5.69. The van der Waals surface area contributed by atoms with Crippen LogP contribution in [0.5, 0.6) is 0 Å². The lowest BCUT2D eigenvalue weighted by Crippen LogP contribution is -2.33. The minimum Gasteiger partial charge on any atom is -0.469 e. The minimum absolute atomic E-state index is 0.178. The molecule has 0 fully saturated rings. The second-order valence-electron chi connectivity index (χ2n) is 5.63. The van der Waals surface area contributed by atoms with Crippen molar-refractivity contribution in [3.05, 3.63) is 33.9 Å². The van der Waals surface area contributed by atoms with Crippen molar-refractivity contribution >= 4 is 5.97 Å². The number of benzene rings is 1. The van der Waals surface area contributed by atoms with Crippen molar-refractivity contribution in [3.8, 4) is 0 Å². The molecule has 0 aromatic heterocycles. The van der Waals surface area contributed by atoms with E-state index in [-0.39, 0.29) is 12.0 Å². The van der Waals surface area contributed by atoms with E-state index in [0.29, 0.717) is 12.8 Å². The van der Waals surface area contributed by atoms with Crippen LogP contribution in [-0.2, 0) is 9.53 Å². The largest absolute Gasteiger partial charge is 0.469 e. The molecular formula is C17H27NO3. The topological polar surface area (TPSA) is 58.6 Å². The van der Waals surface area contributed by atoms with E-state index in [0.717, 1.165) is 16.7 Å². The molecule has 4 heteroatoms.